The van der Waals surface area contributed by atoms with Crippen LogP contribution in [0.5, 0.6) is 0 Å². The first-order valence-corrected chi connectivity index (χ1v) is 4.56. The maximum atomic E-state index is 11.0. The molecule has 0 aliphatic carbocycles. The Hall–Kier alpha value is -0.410. The number of ketones is 1. The largest absolute Gasteiger partial charge is 0.321 e. The molecular formula is C9H18N2O. The third kappa shape index (κ3) is 2.29. The van der Waals surface area contributed by atoms with E-state index >= 15 is 0 Å². The van der Waals surface area contributed by atoms with Crippen LogP contribution in [0.1, 0.15) is 19.8 Å². The molecule has 2 N–H and O–H groups in total. The molecule has 0 aromatic rings. The molecule has 0 saturated carbocycles. The molecule has 1 unspecified atom stereocenters. The number of carbonyl (C=O) groups is 1. The molecule has 1 rings (SSSR count). The Labute approximate surface area is 73.9 Å². The fourth-order valence-corrected chi connectivity index (χ4v) is 1.72. The van der Waals surface area contributed by atoms with E-state index in [1.807, 2.05) is 0 Å². The van der Waals surface area contributed by atoms with Crippen LogP contribution in [-0.4, -0.2) is 36.9 Å². The zero-order valence-corrected chi connectivity index (χ0v) is 7.92. The molecule has 0 spiro atoms. The van der Waals surface area contributed by atoms with Gasteiger partial charge in [0.05, 0.1) is 6.04 Å². The van der Waals surface area contributed by atoms with Crippen molar-refractivity contribution in [3.05, 3.63) is 0 Å². The van der Waals surface area contributed by atoms with Gasteiger partial charge in [-0.15, -0.1) is 0 Å². The Morgan fingerprint density at radius 3 is 2.42 bits per heavy atom. The normalized spacial score (nSPS) is 23.9. The number of piperidine rings is 1. The Kier molecular flexibility index (Phi) is 3.23. The molecule has 0 amide bonds. The van der Waals surface area contributed by atoms with Crippen molar-refractivity contribution in [2.24, 2.45) is 11.7 Å². The van der Waals surface area contributed by atoms with E-state index in [9.17, 15) is 4.79 Å². The van der Waals surface area contributed by atoms with Gasteiger partial charge in [-0.25, -0.2) is 0 Å². The quantitative estimate of drug-likeness (QED) is 0.646. The molecule has 0 aromatic carbocycles. The maximum absolute atomic E-state index is 11.0. The van der Waals surface area contributed by atoms with E-state index in [0.717, 1.165) is 25.9 Å². The molecule has 3 heteroatoms. The summed E-state index contributed by atoms with van der Waals surface area (Å²) in [4.78, 5) is 13.3. The van der Waals surface area contributed by atoms with Crippen molar-refractivity contribution in [2.45, 2.75) is 25.8 Å². The van der Waals surface area contributed by atoms with E-state index in [1.165, 1.54) is 0 Å². The summed E-state index contributed by atoms with van der Waals surface area (Å²) in [5.41, 5.74) is 5.77. The van der Waals surface area contributed by atoms with Crippen LogP contribution in [0.15, 0.2) is 0 Å². The second-order valence-electron chi connectivity index (χ2n) is 3.78. The van der Waals surface area contributed by atoms with Crippen LogP contribution in [0.25, 0.3) is 0 Å². The second-order valence-corrected chi connectivity index (χ2v) is 3.78. The van der Waals surface area contributed by atoms with Crippen LogP contribution in [0.3, 0.4) is 0 Å². The summed E-state index contributed by atoms with van der Waals surface area (Å²) in [6.45, 7) is 3.74. The average molecular weight is 170 g/mol. The van der Waals surface area contributed by atoms with Gasteiger partial charge in [0, 0.05) is 0 Å². The first kappa shape index (κ1) is 9.68. The highest BCUT2D eigenvalue weighted by molar-refractivity contribution is 5.81. The number of rotatable bonds is 2. The predicted octanol–water partition coefficient (Wildman–Crippen LogP) is 0.244. The number of hydrogen-bond acceptors (Lipinski definition) is 3. The van der Waals surface area contributed by atoms with E-state index in [-0.39, 0.29) is 11.8 Å². The second kappa shape index (κ2) is 4.01. The summed E-state index contributed by atoms with van der Waals surface area (Å²) in [7, 11) is 2.11. The van der Waals surface area contributed by atoms with Crippen LogP contribution < -0.4 is 5.73 Å². The summed E-state index contributed by atoms with van der Waals surface area (Å²) in [5, 5.41) is 0. The molecule has 1 atom stereocenters. The molecule has 12 heavy (non-hydrogen) atoms. The average Bonchev–Trinajstić information content (AvgIpc) is 2.04. The number of nitrogens with two attached hydrogens (primary N) is 1. The Bertz CT molecular complexity index is 162. The van der Waals surface area contributed by atoms with Crippen molar-refractivity contribution in [3.63, 3.8) is 0 Å². The highest BCUT2D eigenvalue weighted by Crippen LogP contribution is 2.18. The number of hydrogen-bond donors (Lipinski definition) is 1. The molecule has 1 fully saturated rings. The van der Waals surface area contributed by atoms with Crippen molar-refractivity contribution < 1.29 is 4.79 Å². The third-order valence-corrected chi connectivity index (χ3v) is 2.74. The first-order valence-electron chi connectivity index (χ1n) is 4.56. The summed E-state index contributed by atoms with van der Waals surface area (Å²) in [5.74, 6) is 0.545. The minimum Gasteiger partial charge on any atom is -0.321 e. The van der Waals surface area contributed by atoms with Gasteiger partial charge in [0.1, 0.15) is 5.78 Å². The molecule has 1 saturated heterocycles. The van der Waals surface area contributed by atoms with Crippen molar-refractivity contribution >= 4 is 5.78 Å². The predicted molar refractivity (Wildman–Crippen MR) is 48.9 cm³/mol. The molecule has 0 radical (unpaired) electrons. The summed E-state index contributed by atoms with van der Waals surface area (Å²) >= 11 is 0. The van der Waals surface area contributed by atoms with E-state index in [0.29, 0.717) is 5.92 Å². The van der Waals surface area contributed by atoms with Gasteiger partial charge in [-0.2, -0.15) is 0 Å². The van der Waals surface area contributed by atoms with Crippen LogP contribution in [0.4, 0.5) is 0 Å². The van der Waals surface area contributed by atoms with Crippen LogP contribution in [-0.2, 0) is 4.79 Å². The molecular weight excluding hydrogens is 152 g/mol. The Morgan fingerprint density at radius 1 is 1.50 bits per heavy atom. The smallest absolute Gasteiger partial charge is 0.146 e. The molecule has 70 valence electrons. The monoisotopic (exact) mass is 170 g/mol. The van der Waals surface area contributed by atoms with Gasteiger partial charge < -0.3 is 10.6 Å². The van der Waals surface area contributed by atoms with Crippen molar-refractivity contribution in [1.82, 2.24) is 4.90 Å². The molecule has 1 heterocycles. The van der Waals surface area contributed by atoms with Gasteiger partial charge in [-0.05, 0) is 45.8 Å². The van der Waals surface area contributed by atoms with Crippen LogP contribution >= 0.6 is 0 Å². The standard InChI is InChI=1S/C9H18N2O/c1-7(12)9(10)8-3-5-11(2)6-4-8/h8-9H,3-6,10H2,1-2H3. The first-order chi connectivity index (χ1) is 5.61. The highest BCUT2D eigenvalue weighted by atomic mass is 16.1. The number of nitrogens with zero attached hydrogens (tertiary/aromatic N) is 1. The molecule has 0 bridgehead atoms. The van der Waals surface area contributed by atoms with Crippen LogP contribution in [0.2, 0.25) is 0 Å². The van der Waals surface area contributed by atoms with Gasteiger partial charge in [-0.1, -0.05) is 0 Å². The van der Waals surface area contributed by atoms with Crippen molar-refractivity contribution in [3.8, 4) is 0 Å². The number of likely N-dealkylation sites (tertiary alicyclic amines) is 1. The van der Waals surface area contributed by atoms with Gasteiger partial charge in [0.15, 0.2) is 0 Å². The highest BCUT2D eigenvalue weighted by Gasteiger charge is 2.24. The topological polar surface area (TPSA) is 46.3 Å². The van der Waals surface area contributed by atoms with Crippen molar-refractivity contribution in [1.29, 1.82) is 0 Å². The summed E-state index contributed by atoms with van der Waals surface area (Å²) < 4.78 is 0. The molecule has 0 aromatic heterocycles. The summed E-state index contributed by atoms with van der Waals surface area (Å²) in [6, 6.07) is -0.223. The zero-order valence-electron chi connectivity index (χ0n) is 7.92. The van der Waals surface area contributed by atoms with E-state index in [1.54, 1.807) is 6.92 Å². The van der Waals surface area contributed by atoms with E-state index in [2.05, 4.69) is 11.9 Å². The summed E-state index contributed by atoms with van der Waals surface area (Å²) in [6.07, 6.45) is 2.13. The van der Waals surface area contributed by atoms with Gasteiger partial charge in [-0.3, -0.25) is 4.79 Å². The van der Waals surface area contributed by atoms with Crippen LogP contribution in [0, 0.1) is 5.92 Å². The lowest BCUT2D eigenvalue weighted by molar-refractivity contribution is -0.119. The zero-order chi connectivity index (χ0) is 9.14. The maximum Gasteiger partial charge on any atom is 0.146 e. The van der Waals surface area contributed by atoms with Gasteiger partial charge in [0.25, 0.3) is 0 Å². The third-order valence-electron chi connectivity index (χ3n) is 2.74. The fraction of sp³-hybridized carbons (Fsp3) is 0.889. The molecule has 1 aliphatic rings. The number of carbonyl (C=O) groups excluding carboxylic acids is 1. The lowest BCUT2D eigenvalue weighted by Gasteiger charge is -2.31. The Morgan fingerprint density at radius 2 is 2.00 bits per heavy atom. The lowest BCUT2D eigenvalue weighted by atomic mass is 9.88. The van der Waals surface area contributed by atoms with Gasteiger partial charge in [0.2, 0.25) is 0 Å². The molecule has 1 aliphatic heterocycles. The SMILES string of the molecule is CC(=O)C(N)C1CCN(C)CC1. The van der Waals surface area contributed by atoms with E-state index in [4.69, 9.17) is 5.73 Å². The lowest BCUT2D eigenvalue weighted by Crippen LogP contribution is -2.42. The number of Topliss-reactive ketones (excluding diaryl/α,β-unsaturated/α-hetero) is 1. The van der Waals surface area contributed by atoms with E-state index < -0.39 is 0 Å². The van der Waals surface area contributed by atoms with Crippen molar-refractivity contribution in [2.75, 3.05) is 20.1 Å². The molecule has 3 nitrogen and oxygen atoms in total. The van der Waals surface area contributed by atoms with Gasteiger partial charge >= 0.3 is 0 Å². The fourth-order valence-electron chi connectivity index (χ4n) is 1.72. The minimum atomic E-state index is -0.223. The Balaban J connectivity index is 2.39. The minimum absolute atomic E-state index is 0.129.